The summed E-state index contributed by atoms with van der Waals surface area (Å²) < 4.78 is 5.46. The minimum Gasteiger partial charge on any atom is -0.444 e. The Kier molecular flexibility index (Phi) is 5.64. The van der Waals surface area contributed by atoms with Gasteiger partial charge in [0, 0.05) is 41.8 Å². The smallest absolute Gasteiger partial charge is 0.410 e. The fourth-order valence-corrected chi connectivity index (χ4v) is 3.68. The summed E-state index contributed by atoms with van der Waals surface area (Å²) in [7, 11) is 0. The number of carbonyl (C=O) groups excluding carboxylic acids is 1. The van der Waals surface area contributed by atoms with Crippen LogP contribution in [0.25, 0.3) is 0 Å². The molecule has 2 aromatic heterocycles. The summed E-state index contributed by atoms with van der Waals surface area (Å²) in [5.74, 6) is 1.83. The van der Waals surface area contributed by atoms with Crippen molar-refractivity contribution in [2.45, 2.75) is 59.0 Å². The van der Waals surface area contributed by atoms with Gasteiger partial charge in [-0.25, -0.2) is 19.7 Å². The molecule has 27 heavy (non-hydrogen) atoms. The predicted molar refractivity (Wildman–Crippen MR) is 107 cm³/mol. The monoisotopic (exact) mass is 389 g/mol. The molecule has 0 unspecified atom stereocenters. The van der Waals surface area contributed by atoms with Gasteiger partial charge < -0.3 is 15.0 Å². The molecule has 0 atom stereocenters. The average Bonchev–Trinajstić information content (AvgIpc) is 2.98. The van der Waals surface area contributed by atoms with Gasteiger partial charge in [-0.2, -0.15) is 0 Å². The molecule has 8 heteroatoms. The molecule has 7 nitrogen and oxygen atoms in total. The lowest BCUT2D eigenvalue weighted by atomic mass is 9.96. The number of piperidine rings is 1. The van der Waals surface area contributed by atoms with Crippen molar-refractivity contribution in [1.82, 2.24) is 19.9 Å². The molecule has 3 rings (SSSR count). The van der Waals surface area contributed by atoms with Crippen LogP contribution in [0, 0.1) is 13.8 Å². The molecule has 146 valence electrons. The highest BCUT2D eigenvalue weighted by atomic mass is 32.1. The third kappa shape index (κ3) is 5.38. The second kappa shape index (κ2) is 7.80. The first-order chi connectivity index (χ1) is 12.7. The molecule has 1 fully saturated rings. The Morgan fingerprint density at radius 1 is 1.26 bits per heavy atom. The molecule has 0 bridgehead atoms. The molecule has 0 spiro atoms. The highest BCUT2D eigenvalue weighted by Crippen LogP contribution is 2.28. The number of thiazole rings is 1. The van der Waals surface area contributed by atoms with Crippen LogP contribution in [0.3, 0.4) is 0 Å². The Morgan fingerprint density at radius 3 is 2.56 bits per heavy atom. The van der Waals surface area contributed by atoms with Gasteiger partial charge in [0.05, 0.1) is 0 Å². The topological polar surface area (TPSA) is 80.2 Å². The molecule has 1 amide bonds. The second-order valence-corrected chi connectivity index (χ2v) is 9.13. The van der Waals surface area contributed by atoms with Crippen molar-refractivity contribution in [3.05, 3.63) is 28.7 Å². The fourth-order valence-electron chi connectivity index (χ4n) is 3.01. The molecule has 0 radical (unpaired) electrons. The Labute approximate surface area is 164 Å². The van der Waals surface area contributed by atoms with Crippen molar-refractivity contribution < 1.29 is 9.53 Å². The van der Waals surface area contributed by atoms with Gasteiger partial charge >= 0.3 is 6.09 Å². The number of amides is 1. The van der Waals surface area contributed by atoms with E-state index < -0.39 is 5.60 Å². The van der Waals surface area contributed by atoms with E-state index in [1.165, 1.54) is 0 Å². The van der Waals surface area contributed by atoms with Crippen LogP contribution in [0.4, 0.5) is 15.7 Å². The van der Waals surface area contributed by atoms with E-state index in [4.69, 9.17) is 9.72 Å². The number of hydrogen-bond donors (Lipinski definition) is 1. The zero-order chi connectivity index (χ0) is 19.6. The van der Waals surface area contributed by atoms with Crippen molar-refractivity contribution in [1.29, 1.82) is 0 Å². The first-order valence-electron chi connectivity index (χ1n) is 9.22. The number of nitrogens with zero attached hydrogens (tertiary/aromatic N) is 4. The van der Waals surface area contributed by atoms with Gasteiger partial charge in [0.15, 0.2) is 5.13 Å². The van der Waals surface area contributed by atoms with Crippen molar-refractivity contribution >= 4 is 28.4 Å². The Morgan fingerprint density at radius 2 is 1.96 bits per heavy atom. The van der Waals surface area contributed by atoms with Gasteiger partial charge in [0.1, 0.15) is 17.2 Å². The number of carbonyl (C=O) groups is 1. The number of rotatable bonds is 3. The molecule has 0 aromatic carbocycles. The summed E-state index contributed by atoms with van der Waals surface area (Å²) >= 11 is 1.60. The van der Waals surface area contributed by atoms with Crippen LogP contribution >= 0.6 is 11.3 Å². The number of aromatic nitrogens is 3. The Balaban J connectivity index is 1.65. The molecule has 1 saturated heterocycles. The van der Waals surface area contributed by atoms with Crippen LogP contribution < -0.4 is 5.32 Å². The summed E-state index contributed by atoms with van der Waals surface area (Å²) in [5, 5.41) is 4.10. The lowest BCUT2D eigenvalue weighted by Gasteiger charge is -2.33. The third-order valence-corrected chi connectivity index (χ3v) is 5.07. The van der Waals surface area contributed by atoms with Gasteiger partial charge in [-0.3, -0.25) is 0 Å². The lowest BCUT2D eigenvalue weighted by molar-refractivity contribution is 0.0203. The van der Waals surface area contributed by atoms with E-state index in [1.807, 2.05) is 46.9 Å². The van der Waals surface area contributed by atoms with Crippen LogP contribution in [0.15, 0.2) is 12.3 Å². The number of aryl methyl sites for hydroxylation is 2. The lowest BCUT2D eigenvalue weighted by Crippen LogP contribution is -2.41. The summed E-state index contributed by atoms with van der Waals surface area (Å²) in [6.07, 6.45) is 3.26. The van der Waals surface area contributed by atoms with Crippen LogP contribution in [-0.4, -0.2) is 44.6 Å². The van der Waals surface area contributed by atoms with E-state index in [9.17, 15) is 4.79 Å². The zero-order valence-electron chi connectivity index (χ0n) is 16.6. The molecule has 2 aromatic rings. The van der Waals surface area contributed by atoms with Gasteiger partial charge in [0.2, 0.25) is 0 Å². The largest absolute Gasteiger partial charge is 0.444 e. The number of hydrogen-bond acceptors (Lipinski definition) is 7. The summed E-state index contributed by atoms with van der Waals surface area (Å²) in [4.78, 5) is 28.8. The average molecular weight is 390 g/mol. The number of ether oxygens (including phenoxy) is 1. The number of anilines is 2. The van der Waals surface area contributed by atoms with E-state index in [-0.39, 0.29) is 12.0 Å². The minimum absolute atomic E-state index is 0.238. The fraction of sp³-hybridized carbons (Fsp3) is 0.579. The quantitative estimate of drug-likeness (QED) is 0.838. The normalized spacial score (nSPS) is 15.7. The van der Waals surface area contributed by atoms with Gasteiger partial charge in [-0.15, -0.1) is 11.3 Å². The third-order valence-electron chi connectivity index (χ3n) is 4.24. The maximum absolute atomic E-state index is 12.2. The Hall–Kier alpha value is -2.22. The standard InChI is InChI=1S/C19H27N5O2S/c1-12-10-15(23-17-20-11-13(2)27-17)22-16(21-12)14-6-8-24(9-7-14)18(25)26-19(3,4)5/h10-11,14H,6-9H2,1-5H3,(H,20,21,22,23). The second-order valence-electron chi connectivity index (χ2n) is 7.90. The molecular weight excluding hydrogens is 362 g/mol. The molecular formula is C19H27N5O2S. The maximum Gasteiger partial charge on any atom is 0.410 e. The van der Waals surface area contributed by atoms with E-state index in [2.05, 4.69) is 15.3 Å². The highest BCUT2D eigenvalue weighted by molar-refractivity contribution is 7.15. The predicted octanol–water partition coefficient (Wildman–Crippen LogP) is 4.41. The van der Waals surface area contributed by atoms with E-state index in [0.29, 0.717) is 13.1 Å². The molecule has 0 aliphatic carbocycles. The van der Waals surface area contributed by atoms with E-state index >= 15 is 0 Å². The molecule has 1 aliphatic rings. The maximum atomic E-state index is 12.2. The van der Waals surface area contributed by atoms with Gasteiger partial charge in [-0.05, 0) is 47.5 Å². The summed E-state index contributed by atoms with van der Waals surface area (Å²) in [6, 6.07) is 1.93. The van der Waals surface area contributed by atoms with Crippen LogP contribution in [0.1, 0.15) is 55.9 Å². The first kappa shape index (κ1) is 19.5. The molecule has 0 saturated carbocycles. The van der Waals surface area contributed by atoms with E-state index in [0.717, 1.165) is 40.2 Å². The van der Waals surface area contributed by atoms with Crippen molar-refractivity contribution in [2.75, 3.05) is 18.4 Å². The summed E-state index contributed by atoms with van der Waals surface area (Å²) in [6.45, 7) is 11.0. The number of nitrogens with one attached hydrogen (secondary N) is 1. The highest BCUT2D eigenvalue weighted by Gasteiger charge is 2.28. The van der Waals surface area contributed by atoms with Crippen LogP contribution in [0.5, 0.6) is 0 Å². The van der Waals surface area contributed by atoms with Crippen molar-refractivity contribution in [2.24, 2.45) is 0 Å². The van der Waals surface area contributed by atoms with Crippen molar-refractivity contribution in [3.63, 3.8) is 0 Å². The molecule has 1 N–H and O–H groups in total. The van der Waals surface area contributed by atoms with Gasteiger partial charge in [0.25, 0.3) is 0 Å². The summed E-state index contributed by atoms with van der Waals surface area (Å²) in [5.41, 5.74) is 0.452. The SMILES string of the molecule is Cc1cc(Nc2ncc(C)s2)nc(C2CCN(C(=O)OC(C)(C)C)CC2)n1. The number of likely N-dealkylation sites (tertiary alicyclic amines) is 1. The Bertz CT molecular complexity index is 807. The molecule has 1 aliphatic heterocycles. The van der Waals surface area contributed by atoms with Gasteiger partial charge in [-0.1, -0.05) is 0 Å². The van der Waals surface area contributed by atoms with Crippen molar-refractivity contribution in [3.8, 4) is 0 Å². The zero-order valence-corrected chi connectivity index (χ0v) is 17.4. The van der Waals surface area contributed by atoms with Crippen LogP contribution in [-0.2, 0) is 4.74 Å². The van der Waals surface area contributed by atoms with E-state index in [1.54, 1.807) is 16.2 Å². The first-order valence-corrected chi connectivity index (χ1v) is 10.0. The molecule has 3 heterocycles. The minimum atomic E-state index is -0.470. The van der Waals surface area contributed by atoms with Crippen LogP contribution in [0.2, 0.25) is 0 Å².